The highest BCUT2D eigenvalue weighted by molar-refractivity contribution is 6.22. The summed E-state index contributed by atoms with van der Waals surface area (Å²) in [4.78, 5) is 4.97. The minimum Gasteiger partial charge on any atom is -0.454 e. The lowest BCUT2D eigenvalue weighted by atomic mass is 9.88. The minimum absolute atomic E-state index is 0.0564. The van der Waals surface area contributed by atoms with Gasteiger partial charge in [-0.05, 0) is 89.3 Å². The minimum atomic E-state index is -2.46. The SMILES string of the molecule is [2H]C([2H])([2H])c1nc(C)c(-c2n(-c3c(C(C)C)cc(-c4ccccc4)cc3C(C)C)c3ccccc3[n+]2C)c2oc3c4ccc5ccccc5c4ccc3c12. The summed E-state index contributed by atoms with van der Waals surface area (Å²) >= 11 is 0. The molecule has 0 N–H and O–H groups in total. The Morgan fingerprint density at radius 3 is 2.08 bits per heavy atom. The van der Waals surface area contributed by atoms with Crippen molar-refractivity contribution < 1.29 is 13.1 Å². The van der Waals surface area contributed by atoms with E-state index >= 15 is 0 Å². The fourth-order valence-corrected chi connectivity index (χ4v) is 8.20. The second-order valence-corrected chi connectivity index (χ2v) is 14.4. The van der Waals surface area contributed by atoms with E-state index in [0.717, 1.165) is 55.0 Å². The van der Waals surface area contributed by atoms with Gasteiger partial charge in [0.25, 0.3) is 0 Å². The highest BCUT2D eigenvalue weighted by Gasteiger charge is 2.35. The maximum Gasteiger partial charge on any atom is 0.300 e. The first-order valence-corrected chi connectivity index (χ1v) is 17.8. The molecule has 0 fully saturated rings. The van der Waals surface area contributed by atoms with Crippen molar-refractivity contribution in [1.82, 2.24) is 9.55 Å². The Morgan fingerprint density at radius 2 is 1.33 bits per heavy atom. The predicted molar refractivity (Wildman–Crippen MR) is 213 cm³/mol. The Labute approximate surface area is 302 Å². The van der Waals surface area contributed by atoms with Crippen LogP contribution in [0.1, 0.15) is 66.2 Å². The molecule has 9 aromatic rings. The van der Waals surface area contributed by atoms with E-state index in [2.05, 4.69) is 141 Å². The fourth-order valence-electron chi connectivity index (χ4n) is 8.20. The summed E-state index contributed by atoms with van der Waals surface area (Å²) in [5.74, 6) is 1.28. The molecule has 3 aromatic heterocycles. The Kier molecular flexibility index (Phi) is 6.41. The van der Waals surface area contributed by atoms with Gasteiger partial charge in [0.05, 0.1) is 18.1 Å². The summed E-state index contributed by atoms with van der Waals surface area (Å²) in [5.41, 5.74) is 10.7. The van der Waals surface area contributed by atoms with E-state index in [4.69, 9.17) is 13.5 Å². The highest BCUT2D eigenvalue weighted by Crippen LogP contribution is 2.45. The van der Waals surface area contributed by atoms with Crippen molar-refractivity contribution in [3.8, 4) is 28.2 Å². The largest absolute Gasteiger partial charge is 0.454 e. The number of hydrogen-bond donors (Lipinski definition) is 0. The predicted octanol–water partition coefficient (Wildman–Crippen LogP) is 12.3. The number of nitrogens with zero attached hydrogens (tertiary/aromatic N) is 3. The average molecular weight is 668 g/mol. The topological polar surface area (TPSA) is 34.8 Å². The van der Waals surface area contributed by atoms with Crippen LogP contribution >= 0.6 is 0 Å². The maximum absolute atomic E-state index is 8.68. The van der Waals surface area contributed by atoms with Gasteiger partial charge in [-0.3, -0.25) is 4.98 Å². The Morgan fingerprint density at radius 1 is 0.667 bits per heavy atom. The first-order valence-electron chi connectivity index (χ1n) is 19.3. The standard InChI is InChI=1S/C47H42N3O/c1-27(2)38-25-33(31-15-9-8-10-16-31)26-39(28(3)4)44(38)50-41-20-14-13-19-40(41)49(7)47(50)43-30(6)48-29(5)42-37-24-23-35-34-18-12-11-17-32(34)21-22-36(35)45(37)51-46(42)43/h8-28H,1-7H3/q+1/i5D3. The number of aryl methyl sites for hydroxylation is 3. The van der Waals surface area contributed by atoms with Crippen LogP contribution in [0, 0.1) is 13.8 Å². The molecule has 0 unspecified atom stereocenters. The second-order valence-electron chi connectivity index (χ2n) is 14.4. The average Bonchev–Trinajstić information content (AvgIpc) is 3.69. The Hall–Kier alpha value is -5.74. The van der Waals surface area contributed by atoms with E-state index in [1.807, 2.05) is 25.1 Å². The van der Waals surface area contributed by atoms with Gasteiger partial charge in [0.2, 0.25) is 0 Å². The molecular weight excluding hydrogens is 623 g/mol. The van der Waals surface area contributed by atoms with Crippen LogP contribution in [0.3, 0.4) is 0 Å². The zero-order chi connectivity index (χ0) is 37.6. The molecular formula is C47H42N3O+. The summed E-state index contributed by atoms with van der Waals surface area (Å²) < 4.78 is 37.7. The van der Waals surface area contributed by atoms with Crippen LogP contribution in [-0.2, 0) is 7.05 Å². The number of aromatic nitrogens is 3. The van der Waals surface area contributed by atoms with Gasteiger partial charge in [-0.25, -0.2) is 4.57 Å². The Bertz CT molecular complexity index is 2920. The third-order valence-electron chi connectivity index (χ3n) is 10.7. The summed E-state index contributed by atoms with van der Waals surface area (Å²) in [6, 6.07) is 40.4. The molecule has 0 bridgehead atoms. The maximum atomic E-state index is 8.68. The molecule has 4 heteroatoms. The molecule has 0 saturated heterocycles. The van der Waals surface area contributed by atoms with Crippen LogP contribution in [-0.4, -0.2) is 9.55 Å². The zero-order valence-electron chi connectivity index (χ0n) is 32.9. The molecule has 250 valence electrons. The van der Waals surface area contributed by atoms with Gasteiger partial charge in [-0.15, -0.1) is 0 Å². The molecule has 0 amide bonds. The molecule has 0 spiro atoms. The number of furan rings is 1. The van der Waals surface area contributed by atoms with Crippen LogP contribution < -0.4 is 4.57 Å². The van der Waals surface area contributed by atoms with Crippen molar-refractivity contribution in [2.24, 2.45) is 7.05 Å². The number of imidazole rings is 1. The van der Waals surface area contributed by atoms with Crippen molar-refractivity contribution in [2.45, 2.75) is 53.3 Å². The quantitative estimate of drug-likeness (QED) is 0.135. The molecule has 3 heterocycles. The molecule has 0 atom stereocenters. The molecule has 51 heavy (non-hydrogen) atoms. The van der Waals surface area contributed by atoms with Gasteiger partial charge in [-0.2, -0.15) is 4.57 Å². The van der Waals surface area contributed by atoms with E-state index in [-0.39, 0.29) is 17.5 Å². The van der Waals surface area contributed by atoms with Gasteiger partial charge < -0.3 is 4.42 Å². The van der Waals surface area contributed by atoms with Gasteiger partial charge >= 0.3 is 5.82 Å². The zero-order valence-corrected chi connectivity index (χ0v) is 29.9. The number of para-hydroxylation sites is 2. The lowest BCUT2D eigenvalue weighted by Gasteiger charge is -2.21. The van der Waals surface area contributed by atoms with Crippen LogP contribution in [0.2, 0.25) is 0 Å². The first-order chi connectivity index (χ1) is 25.9. The summed E-state index contributed by atoms with van der Waals surface area (Å²) in [6.07, 6.45) is 0. The van der Waals surface area contributed by atoms with E-state index in [1.54, 1.807) is 0 Å². The smallest absolute Gasteiger partial charge is 0.300 e. The van der Waals surface area contributed by atoms with Gasteiger partial charge in [0.1, 0.15) is 16.8 Å². The number of fused-ring (bicyclic) bond motifs is 8. The third-order valence-corrected chi connectivity index (χ3v) is 10.7. The summed E-state index contributed by atoms with van der Waals surface area (Å²) in [6.45, 7) is 8.48. The van der Waals surface area contributed by atoms with E-state index in [9.17, 15) is 0 Å². The molecule has 6 aromatic carbocycles. The Balaban J connectivity index is 1.46. The summed E-state index contributed by atoms with van der Waals surface area (Å²) in [5, 5.41) is 5.53. The van der Waals surface area contributed by atoms with Crippen LogP contribution in [0.5, 0.6) is 0 Å². The third kappa shape index (κ3) is 4.66. The van der Waals surface area contributed by atoms with Crippen molar-refractivity contribution >= 4 is 54.5 Å². The van der Waals surface area contributed by atoms with E-state index in [0.29, 0.717) is 22.2 Å². The lowest BCUT2D eigenvalue weighted by molar-refractivity contribution is -0.633. The number of pyridine rings is 1. The van der Waals surface area contributed by atoms with E-state index < -0.39 is 6.85 Å². The van der Waals surface area contributed by atoms with Crippen molar-refractivity contribution in [1.29, 1.82) is 0 Å². The van der Waals surface area contributed by atoms with Gasteiger partial charge in [0, 0.05) is 31.7 Å². The van der Waals surface area contributed by atoms with Gasteiger partial charge in [0.15, 0.2) is 16.6 Å². The fraction of sp³-hybridized carbons (Fsp3) is 0.191. The molecule has 0 saturated carbocycles. The molecule has 0 aliphatic carbocycles. The number of benzene rings is 6. The van der Waals surface area contributed by atoms with Crippen LogP contribution in [0.4, 0.5) is 0 Å². The lowest BCUT2D eigenvalue weighted by Crippen LogP contribution is -2.31. The van der Waals surface area contributed by atoms with Crippen molar-refractivity contribution in [2.75, 3.05) is 0 Å². The molecule has 4 nitrogen and oxygen atoms in total. The van der Waals surface area contributed by atoms with Crippen molar-refractivity contribution in [3.05, 3.63) is 138 Å². The monoisotopic (exact) mass is 667 g/mol. The number of hydrogen-bond acceptors (Lipinski definition) is 2. The second kappa shape index (κ2) is 11.7. The molecule has 0 aliphatic rings. The van der Waals surface area contributed by atoms with Crippen LogP contribution in [0.15, 0.2) is 120 Å². The van der Waals surface area contributed by atoms with Gasteiger partial charge in [-0.1, -0.05) is 107 Å². The molecule has 0 radical (unpaired) electrons. The van der Waals surface area contributed by atoms with Crippen molar-refractivity contribution in [3.63, 3.8) is 0 Å². The number of rotatable bonds is 5. The highest BCUT2D eigenvalue weighted by atomic mass is 16.3. The summed E-state index contributed by atoms with van der Waals surface area (Å²) in [7, 11) is 2.09. The molecule has 0 aliphatic heterocycles. The van der Waals surface area contributed by atoms with Crippen LogP contribution in [0.25, 0.3) is 82.7 Å². The normalized spacial score (nSPS) is 13.3. The molecule has 9 rings (SSSR count). The first kappa shape index (κ1) is 28.0. The van der Waals surface area contributed by atoms with E-state index in [1.165, 1.54) is 22.3 Å².